The number of hydrogen-bond acceptors (Lipinski definition) is 2. The number of allylic oxidation sites excluding steroid dienone is 1. The van der Waals surface area contributed by atoms with Crippen LogP contribution in [0.15, 0.2) is 64.5 Å². The van der Waals surface area contributed by atoms with Crippen molar-refractivity contribution >= 4 is 15.4 Å². The van der Waals surface area contributed by atoms with Gasteiger partial charge in [0.2, 0.25) is 9.84 Å². The molecule has 0 saturated carbocycles. The van der Waals surface area contributed by atoms with Gasteiger partial charge in [-0.3, -0.25) is 0 Å². The summed E-state index contributed by atoms with van der Waals surface area (Å²) >= 11 is 0. The number of rotatable bonds is 3. The van der Waals surface area contributed by atoms with E-state index in [0.717, 1.165) is 11.1 Å². The van der Waals surface area contributed by atoms with Crippen molar-refractivity contribution in [2.24, 2.45) is 0 Å². The molecule has 3 nitrogen and oxygen atoms in total. The second-order valence-electron chi connectivity index (χ2n) is 4.72. The summed E-state index contributed by atoms with van der Waals surface area (Å²) in [6.07, 6.45) is 0. The predicted molar refractivity (Wildman–Crippen MR) is 84.0 cm³/mol. The Bertz CT molecular complexity index is 811. The molecule has 0 amide bonds. The molecule has 0 aliphatic rings. The van der Waals surface area contributed by atoms with E-state index in [-0.39, 0.29) is 9.92 Å². The van der Waals surface area contributed by atoms with Crippen molar-refractivity contribution in [1.82, 2.24) is 0 Å². The summed E-state index contributed by atoms with van der Waals surface area (Å²) in [4.78, 5) is 3.42. The summed E-state index contributed by atoms with van der Waals surface area (Å²) < 4.78 is 25.2. The van der Waals surface area contributed by atoms with Gasteiger partial charge in [-0.1, -0.05) is 48.0 Å². The minimum atomic E-state index is -3.79. The van der Waals surface area contributed by atoms with Crippen LogP contribution in [0.4, 0.5) is 0 Å². The van der Waals surface area contributed by atoms with Crippen molar-refractivity contribution in [2.75, 3.05) is 0 Å². The van der Waals surface area contributed by atoms with Gasteiger partial charge < -0.3 is 0 Å². The first-order valence-corrected chi connectivity index (χ1v) is 7.90. The molecule has 2 rings (SSSR count). The molecule has 0 N–H and O–H groups in total. The summed E-state index contributed by atoms with van der Waals surface area (Å²) in [6.45, 7) is 10.8. The fourth-order valence-corrected chi connectivity index (χ4v) is 3.34. The molecule has 0 bridgehead atoms. The van der Waals surface area contributed by atoms with Crippen molar-refractivity contribution in [3.63, 3.8) is 0 Å². The lowest BCUT2D eigenvalue weighted by Crippen LogP contribution is -2.04. The molecule has 0 radical (unpaired) electrons. The SMILES string of the molecule is [C-]#[N+]C(=C(C)c1ccccc1)S(=O)(=O)c1ccc(C)cc1. The Morgan fingerprint density at radius 2 is 1.57 bits per heavy atom. The zero-order valence-electron chi connectivity index (χ0n) is 11.9. The fourth-order valence-electron chi connectivity index (χ4n) is 1.99. The largest absolute Gasteiger partial charge is 0.286 e. The van der Waals surface area contributed by atoms with E-state index in [1.165, 1.54) is 12.1 Å². The van der Waals surface area contributed by atoms with Crippen molar-refractivity contribution < 1.29 is 8.42 Å². The third-order valence-corrected chi connectivity index (χ3v) is 5.01. The lowest BCUT2D eigenvalue weighted by molar-refractivity contribution is 0.603. The molecule has 0 aliphatic heterocycles. The molecule has 0 aliphatic carbocycles. The standard InChI is InChI=1S/C17H15NO2S/c1-13-9-11-16(12-10-13)21(19,20)17(18-3)14(2)15-7-5-4-6-8-15/h4-12H,1-2H3. The van der Waals surface area contributed by atoms with E-state index in [9.17, 15) is 8.42 Å². The molecular weight excluding hydrogens is 282 g/mol. The van der Waals surface area contributed by atoms with Gasteiger partial charge in [0.1, 0.15) is 0 Å². The first-order chi connectivity index (χ1) is 9.96. The number of benzene rings is 2. The Morgan fingerprint density at radius 3 is 2.10 bits per heavy atom. The Balaban J connectivity index is 2.61. The van der Waals surface area contributed by atoms with E-state index in [1.54, 1.807) is 31.2 Å². The van der Waals surface area contributed by atoms with Gasteiger partial charge in [-0.25, -0.2) is 13.3 Å². The van der Waals surface area contributed by atoms with E-state index in [2.05, 4.69) is 4.85 Å². The lowest BCUT2D eigenvalue weighted by Gasteiger charge is -2.08. The molecule has 4 heteroatoms. The van der Waals surface area contributed by atoms with Crippen LogP contribution in [0, 0.1) is 13.5 Å². The summed E-state index contributed by atoms with van der Waals surface area (Å²) in [5.74, 6) is 0. The van der Waals surface area contributed by atoms with Crippen LogP contribution in [0.1, 0.15) is 18.1 Å². The molecule has 0 unspecified atom stereocenters. The Kier molecular flexibility index (Phi) is 4.25. The first-order valence-electron chi connectivity index (χ1n) is 6.42. The van der Waals surface area contributed by atoms with Crippen LogP contribution in [-0.2, 0) is 9.84 Å². The smallest absolute Gasteiger partial charge is 0.230 e. The molecule has 0 aromatic heterocycles. The van der Waals surface area contributed by atoms with Crippen LogP contribution >= 0.6 is 0 Å². The van der Waals surface area contributed by atoms with Crippen LogP contribution < -0.4 is 0 Å². The lowest BCUT2D eigenvalue weighted by atomic mass is 10.1. The monoisotopic (exact) mass is 297 g/mol. The number of nitrogens with zero attached hydrogens (tertiary/aromatic N) is 1. The Labute approximate surface area is 125 Å². The molecule has 0 atom stereocenters. The summed E-state index contributed by atoms with van der Waals surface area (Å²) in [5.41, 5.74) is 2.17. The normalized spacial score (nSPS) is 12.4. The molecule has 0 heterocycles. The van der Waals surface area contributed by atoms with Gasteiger partial charge in [0.15, 0.2) is 0 Å². The van der Waals surface area contributed by atoms with Gasteiger partial charge in [0, 0.05) is 0 Å². The highest BCUT2D eigenvalue weighted by atomic mass is 32.2. The molecule has 0 saturated heterocycles. The number of sulfone groups is 1. The molecule has 2 aromatic carbocycles. The van der Waals surface area contributed by atoms with E-state index in [4.69, 9.17) is 6.57 Å². The van der Waals surface area contributed by atoms with Crippen molar-refractivity contribution in [3.8, 4) is 0 Å². The van der Waals surface area contributed by atoms with Gasteiger partial charge in [0.25, 0.3) is 5.03 Å². The molecule has 2 aromatic rings. The van der Waals surface area contributed by atoms with Gasteiger partial charge in [-0.05, 0) is 37.1 Å². The van der Waals surface area contributed by atoms with Crippen molar-refractivity contribution in [2.45, 2.75) is 18.7 Å². The van der Waals surface area contributed by atoms with E-state index >= 15 is 0 Å². The van der Waals surface area contributed by atoms with Crippen molar-refractivity contribution in [3.05, 3.63) is 82.2 Å². The molecule has 0 spiro atoms. The van der Waals surface area contributed by atoms with Gasteiger partial charge in [-0.15, -0.1) is 0 Å². The first kappa shape index (κ1) is 15.0. The number of aryl methyl sites for hydroxylation is 1. The van der Waals surface area contributed by atoms with Crippen LogP contribution in [0.2, 0.25) is 0 Å². The van der Waals surface area contributed by atoms with E-state index < -0.39 is 9.84 Å². The molecule has 0 fully saturated rings. The quantitative estimate of drug-likeness (QED) is 0.801. The van der Waals surface area contributed by atoms with E-state index in [0.29, 0.717) is 5.57 Å². The summed E-state index contributed by atoms with van der Waals surface area (Å²) in [5, 5.41) is -0.224. The van der Waals surface area contributed by atoms with E-state index in [1.807, 2.05) is 25.1 Å². The minimum absolute atomic E-state index is 0.148. The maximum absolute atomic E-state index is 12.6. The third kappa shape index (κ3) is 3.04. The fraction of sp³-hybridized carbons (Fsp3) is 0.118. The van der Waals surface area contributed by atoms with Crippen LogP contribution in [-0.4, -0.2) is 8.42 Å². The zero-order chi connectivity index (χ0) is 15.5. The van der Waals surface area contributed by atoms with Crippen LogP contribution in [0.3, 0.4) is 0 Å². The summed E-state index contributed by atoms with van der Waals surface area (Å²) in [6, 6.07) is 15.6. The molecular formula is C17H15NO2S. The minimum Gasteiger partial charge on any atom is -0.230 e. The maximum Gasteiger partial charge on any atom is 0.286 e. The predicted octanol–water partition coefficient (Wildman–Crippen LogP) is 4.08. The second-order valence-corrected chi connectivity index (χ2v) is 6.59. The highest BCUT2D eigenvalue weighted by Crippen LogP contribution is 2.28. The zero-order valence-corrected chi connectivity index (χ0v) is 12.7. The molecule has 21 heavy (non-hydrogen) atoms. The average Bonchev–Trinajstić information content (AvgIpc) is 2.49. The highest BCUT2D eigenvalue weighted by Gasteiger charge is 2.24. The maximum atomic E-state index is 12.6. The number of hydrogen-bond donors (Lipinski definition) is 0. The van der Waals surface area contributed by atoms with Gasteiger partial charge in [0.05, 0.1) is 11.5 Å². The van der Waals surface area contributed by atoms with Crippen LogP contribution in [0.5, 0.6) is 0 Å². The Morgan fingerprint density at radius 1 is 1.00 bits per heavy atom. The topological polar surface area (TPSA) is 38.5 Å². The van der Waals surface area contributed by atoms with Crippen LogP contribution in [0.25, 0.3) is 10.4 Å². The third-order valence-electron chi connectivity index (χ3n) is 3.21. The van der Waals surface area contributed by atoms with Gasteiger partial charge >= 0.3 is 0 Å². The molecule has 106 valence electrons. The second kappa shape index (κ2) is 5.94. The highest BCUT2D eigenvalue weighted by molar-refractivity contribution is 7.95. The van der Waals surface area contributed by atoms with Crippen molar-refractivity contribution in [1.29, 1.82) is 0 Å². The summed E-state index contributed by atoms with van der Waals surface area (Å²) in [7, 11) is -3.79. The Hall–Kier alpha value is -2.38. The average molecular weight is 297 g/mol. The van der Waals surface area contributed by atoms with Gasteiger partial charge in [-0.2, -0.15) is 0 Å².